The van der Waals surface area contributed by atoms with E-state index >= 15 is 0 Å². The maximum atomic E-state index is 12.6. The molecule has 1 rings (SSSR count). The number of carboxylic acid groups (broad SMARTS) is 1. The van der Waals surface area contributed by atoms with E-state index in [0.29, 0.717) is 12.3 Å². The topological polar surface area (TPSA) is 164 Å². The third-order valence-electron chi connectivity index (χ3n) is 4.50. The van der Waals surface area contributed by atoms with E-state index in [9.17, 15) is 14.4 Å². The van der Waals surface area contributed by atoms with Gasteiger partial charge in [-0.05, 0) is 30.2 Å². The smallest absolute Gasteiger partial charge is 0.303 e. The molecule has 0 fully saturated rings. The van der Waals surface area contributed by atoms with Gasteiger partial charge in [-0.3, -0.25) is 24.9 Å². The van der Waals surface area contributed by atoms with E-state index in [1.807, 2.05) is 0 Å². The quantitative estimate of drug-likeness (QED) is 0.0997. The molecule has 0 heterocycles. The van der Waals surface area contributed by atoms with Gasteiger partial charge in [-0.2, -0.15) is 0 Å². The maximum Gasteiger partial charge on any atom is 0.303 e. The van der Waals surface area contributed by atoms with Gasteiger partial charge in [-0.1, -0.05) is 31.9 Å². The number of hydrogen-bond donors (Lipinski definition) is 5. The van der Waals surface area contributed by atoms with Gasteiger partial charge in [0.25, 0.3) is 0 Å². The number of hydrogen-bond acceptors (Lipinski definition) is 8. The van der Waals surface area contributed by atoms with Crippen LogP contribution in [-0.2, 0) is 30.6 Å². The van der Waals surface area contributed by atoms with Crippen molar-refractivity contribution in [3.8, 4) is 5.75 Å². The Labute approximate surface area is 192 Å². The molecule has 0 aromatic heterocycles. The van der Waals surface area contributed by atoms with Gasteiger partial charge in [-0.15, -0.1) is 0 Å². The zero-order chi connectivity index (χ0) is 24.5. The normalized spacial score (nSPS) is 12.2. The molecule has 1 atom stereocenters. The van der Waals surface area contributed by atoms with E-state index in [4.69, 9.17) is 20.4 Å². The molecule has 1 aromatic carbocycles. The molecule has 2 amide bonds. The lowest BCUT2D eigenvalue weighted by atomic mass is 10.0. The highest BCUT2D eigenvalue weighted by molar-refractivity contribution is 5.88. The van der Waals surface area contributed by atoms with Gasteiger partial charge < -0.3 is 20.5 Å². The van der Waals surface area contributed by atoms with Crippen LogP contribution in [0.4, 0.5) is 0 Å². The Morgan fingerprint density at radius 3 is 2.39 bits per heavy atom. The molecule has 11 heteroatoms. The molecule has 11 nitrogen and oxygen atoms in total. The molecule has 0 radical (unpaired) electrons. The second-order valence-corrected chi connectivity index (χ2v) is 7.20. The molecule has 1 unspecified atom stereocenters. The number of ether oxygens (including phenoxy) is 1. The fourth-order valence-corrected chi connectivity index (χ4v) is 2.81. The highest BCUT2D eigenvalue weighted by Crippen LogP contribution is 2.17. The van der Waals surface area contributed by atoms with Crippen molar-refractivity contribution in [1.29, 1.82) is 0 Å². The lowest BCUT2D eigenvalue weighted by Gasteiger charge is -2.19. The fourth-order valence-electron chi connectivity index (χ4n) is 2.81. The Bertz CT molecular complexity index is 766. The molecule has 184 valence electrons. The number of amides is 2. The first-order chi connectivity index (χ1) is 15.9. The van der Waals surface area contributed by atoms with E-state index in [2.05, 4.69) is 27.3 Å². The highest BCUT2D eigenvalue weighted by atomic mass is 17.1. The predicted molar refractivity (Wildman–Crippen MR) is 117 cm³/mol. The van der Waals surface area contributed by atoms with Crippen molar-refractivity contribution in [3.63, 3.8) is 0 Å². The van der Waals surface area contributed by atoms with Gasteiger partial charge in [-0.25, -0.2) is 9.78 Å². The second kappa shape index (κ2) is 16.6. The average molecular weight is 469 g/mol. The third-order valence-corrected chi connectivity index (χ3v) is 4.50. The molecule has 33 heavy (non-hydrogen) atoms. The van der Waals surface area contributed by atoms with Crippen molar-refractivity contribution in [3.05, 3.63) is 41.7 Å². The largest absolute Gasteiger partial charge is 0.481 e. The van der Waals surface area contributed by atoms with Gasteiger partial charge in [0.15, 0.2) is 0 Å². The first-order valence-electron chi connectivity index (χ1n) is 10.7. The minimum Gasteiger partial charge on any atom is -0.481 e. The van der Waals surface area contributed by atoms with Crippen LogP contribution >= 0.6 is 0 Å². The van der Waals surface area contributed by atoms with Crippen LogP contribution in [0.1, 0.15) is 44.6 Å². The Hall–Kier alpha value is -2.99. The van der Waals surface area contributed by atoms with Crippen LogP contribution in [0.5, 0.6) is 5.75 Å². The summed E-state index contributed by atoms with van der Waals surface area (Å²) < 4.78 is 5.54. The number of carbonyl (C=O) groups excluding carboxylic acids is 2. The third kappa shape index (κ3) is 12.6. The van der Waals surface area contributed by atoms with Crippen LogP contribution in [0.3, 0.4) is 0 Å². The van der Waals surface area contributed by atoms with Crippen LogP contribution in [0, 0.1) is 0 Å². The van der Waals surface area contributed by atoms with Gasteiger partial charge in [0, 0.05) is 19.4 Å². The number of carboxylic acids is 1. The van der Waals surface area contributed by atoms with Gasteiger partial charge >= 0.3 is 5.97 Å². The van der Waals surface area contributed by atoms with Crippen molar-refractivity contribution in [2.45, 2.75) is 51.5 Å². The Kier molecular flexibility index (Phi) is 14.1. The molecular weight excluding hydrogens is 436 g/mol. The molecule has 1 aromatic rings. The van der Waals surface area contributed by atoms with Crippen LogP contribution in [0.2, 0.25) is 0 Å². The molecule has 0 aliphatic rings. The number of unbranched alkanes of at least 4 members (excludes halogenated alkanes) is 2. The zero-order valence-corrected chi connectivity index (χ0v) is 18.6. The van der Waals surface area contributed by atoms with Crippen molar-refractivity contribution >= 4 is 17.8 Å². The Balaban J connectivity index is 2.82. The molecule has 0 bridgehead atoms. The number of nitrogens with one attached hydrogen (secondary N) is 2. The SMILES string of the molecule is CCCCCNC(=O)C(Cc1ccc(O/C(=C\COO)COO)cc1)NC(=O)CCC(=O)O. The lowest BCUT2D eigenvalue weighted by molar-refractivity contribution is -0.240. The molecule has 0 saturated carbocycles. The Morgan fingerprint density at radius 1 is 1.06 bits per heavy atom. The summed E-state index contributed by atoms with van der Waals surface area (Å²) in [6.07, 6.45) is 3.82. The van der Waals surface area contributed by atoms with Crippen LogP contribution in [0.25, 0.3) is 0 Å². The molecule has 0 spiro atoms. The summed E-state index contributed by atoms with van der Waals surface area (Å²) in [5.41, 5.74) is 0.734. The number of rotatable bonds is 17. The van der Waals surface area contributed by atoms with E-state index in [1.165, 1.54) is 6.08 Å². The first-order valence-corrected chi connectivity index (χ1v) is 10.7. The minimum atomic E-state index is -1.09. The summed E-state index contributed by atoms with van der Waals surface area (Å²) in [5, 5.41) is 31.2. The molecular formula is C22H32N2O9. The maximum absolute atomic E-state index is 12.6. The summed E-state index contributed by atoms with van der Waals surface area (Å²) in [4.78, 5) is 43.4. The molecule has 0 aliphatic carbocycles. The first kappa shape index (κ1) is 28.0. The van der Waals surface area contributed by atoms with Gasteiger partial charge in [0.05, 0.1) is 6.42 Å². The average Bonchev–Trinajstić information content (AvgIpc) is 2.79. The van der Waals surface area contributed by atoms with Crippen LogP contribution in [0.15, 0.2) is 36.1 Å². The second-order valence-electron chi connectivity index (χ2n) is 7.20. The molecule has 0 aliphatic heterocycles. The lowest BCUT2D eigenvalue weighted by Crippen LogP contribution is -2.48. The monoisotopic (exact) mass is 468 g/mol. The Morgan fingerprint density at radius 2 is 1.79 bits per heavy atom. The van der Waals surface area contributed by atoms with E-state index in [1.54, 1.807) is 24.3 Å². The van der Waals surface area contributed by atoms with E-state index < -0.39 is 17.9 Å². The van der Waals surface area contributed by atoms with Crippen LogP contribution < -0.4 is 15.4 Å². The van der Waals surface area contributed by atoms with Gasteiger partial charge in [0.2, 0.25) is 11.8 Å². The summed E-state index contributed by atoms with van der Waals surface area (Å²) in [7, 11) is 0. The van der Waals surface area contributed by atoms with Crippen molar-refractivity contribution in [2.75, 3.05) is 19.8 Å². The predicted octanol–water partition coefficient (Wildman–Crippen LogP) is 2.13. The van der Waals surface area contributed by atoms with Crippen LogP contribution in [-0.4, -0.2) is 59.2 Å². The van der Waals surface area contributed by atoms with Crippen molar-refractivity contribution in [2.24, 2.45) is 0 Å². The number of carbonyl (C=O) groups is 3. The standard InChI is InChI=1S/C22H32N2O9/c1-2-3-4-12-23-22(28)19(24-20(25)9-10-21(26)27)14-16-5-7-17(8-6-16)33-18(15-32-30)11-13-31-29/h5-8,11,19,29-30H,2-4,9-10,12-15H2,1H3,(H,23,28)(H,24,25)(H,26,27)/b18-11-. The minimum absolute atomic E-state index is 0.159. The van der Waals surface area contributed by atoms with Crippen molar-refractivity contribution < 1.29 is 44.5 Å². The summed E-state index contributed by atoms with van der Waals surface area (Å²) in [6, 6.07) is 5.80. The number of benzene rings is 1. The molecule has 0 saturated heterocycles. The summed E-state index contributed by atoms with van der Waals surface area (Å²) >= 11 is 0. The fraction of sp³-hybridized carbons (Fsp3) is 0.500. The molecule has 5 N–H and O–H groups in total. The van der Waals surface area contributed by atoms with E-state index in [-0.39, 0.29) is 44.1 Å². The summed E-state index contributed by atoms with van der Waals surface area (Å²) in [5.74, 6) is -1.34. The van der Waals surface area contributed by atoms with E-state index in [0.717, 1.165) is 24.8 Å². The number of aliphatic carboxylic acids is 1. The zero-order valence-electron chi connectivity index (χ0n) is 18.6. The van der Waals surface area contributed by atoms with Gasteiger partial charge in [0.1, 0.15) is 30.8 Å². The van der Waals surface area contributed by atoms with Crippen molar-refractivity contribution in [1.82, 2.24) is 10.6 Å². The highest BCUT2D eigenvalue weighted by Gasteiger charge is 2.21. The summed E-state index contributed by atoms with van der Waals surface area (Å²) in [6.45, 7) is 2.12.